The van der Waals surface area contributed by atoms with Gasteiger partial charge in [0.2, 0.25) is 0 Å². The lowest BCUT2D eigenvalue weighted by Gasteiger charge is -2.11. The molecule has 0 unspecified atom stereocenters. The first kappa shape index (κ1) is 14.0. The van der Waals surface area contributed by atoms with Gasteiger partial charge >= 0.3 is 0 Å². The molecule has 5 heteroatoms. The second-order valence-electron chi connectivity index (χ2n) is 4.61. The third-order valence-electron chi connectivity index (χ3n) is 3.35. The highest BCUT2D eigenvalue weighted by Crippen LogP contribution is 2.20. The lowest BCUT2D eigenvalue weighted by Crippen LogP contribution is -2.03. The van der Waals surface area contributed by atoms with Crippen molar-refractivity contribution in [2.24, 2.45) is 0 Å². The predicted molar refractivity (Wildman–Crippen MR) is 78.2 cm³/mol. The third-order valence-corrected chi connectivity index (χ3v) is 3.62. The quantitative estimate of drug-likeness (QED) is 0.849. The summed E-state index contributed by atoms with van der Waals surface area (Å²) in [6.07, 6.45) is 1.14. The van der Waals surface area contributed by atoms with Crippen LogP contribution in [0.5, 0.6) is 0 Å². The molecule has 0 fully saturated rings. The summed E-state index contributed by atoms with van der Waals surface area (Å²) < 4.78 is 7.62. The maximum absolute atomic E-state index is 5.27. The summed E-state index contributed by atoms with van der Waals surface area (Å²) >= 11 is 5.27. The molecular formula is C14H19N3OS. The lowest BCUT2D eigenvalue weighted by atomic mass is 9.99. The van der Waals surface area contributed by atoms with Crippen LogP contribution in [0.4, 0.5) is 0 Å². The van der Waals surface area contributed by atoms with E-state index < -0.39 is 0 Å². The van der Waals surface area contributed by atoms with Gasteiger partial charge in [-0.2, -0.15) is 5.10 Å². The number of hydrogen-bond acceptors (Lipinski definition) is 3. The normalized spacial score (nSPS) is 12.6. The van der Waals surface area contributed by atoms with E-state index in [0.717, 1.165) is 17.9 Å². The van der Waals surface area contributed by atoms with Crippen LogP contribution in [0.1, 0.15) is 37.6 Å². The number of methoxy groups -OCH3 is 1. The summed E-state index contributed by atoms with van der Waals surface area (Å²) in [4.78, 5) is 0. The van der Waals surface area contributed by atoms with Gasteiger partial charge in [0.25, 0.3) is 0 Å². The molecule has 1 aromatic heterocycles. The molecule has 0 saturated heterocycles. The number of ether oxygens (including phenoxy) is 1. The van der Waals surface area contributed by atoms with Gasteiger partial charge in [0.05, 0.1) is 0 Å². The smallest absolute Gasteiger partial charge is 0.199 e. The summed E-state index contributed by atoms with van der Waals surface area (Å²) in [5.74, 6) is 1.36. The number of aromatic amines is 1. The minimum Gasteiger partial charge on any atom is -0.377 e. The van der Waals surface area contributed by atoms with Gasteiger partial charge in [-0.3, -0.25) is 9.67 Å². The lowest BCUT2D eigenvalue weighted by molar-refractivity contribution is 0.176. The number of H-pyrrole nitrogens is 1. The van der Waals surface area contributed by atoms with Gasteiger partial charge in [-0.1, -0.05) is 26.0 Å². The fraction of sp³-hybridized carbons (Fsp3) is 0.429. The van der Waals surface area contributed by atoms with Gasteiger partial charge in [0.15, 0.2) is 10.6 Å². The molecule has 1 atom stereocenters. The van der Waals surface area contributed by atoms with E-state index in [-0.39, 0.29) is 0 Å². The van der Waals surface area contributed by atoms with E-state index in [9.17, 15) is 0 Å². The maximum atomic E-state index is 5.27. The van der Waals surface area contributed by atoms with Crippen molar-refractivity contribution >= 4 is 12.2 Å². The SMILES string of the molecule is CC[C@H](C)c1ccc(-n2c(COC)n[nH]c2=S)cc1. The molecule has 0 amide bonds. The third kappa shape index (κ3) is 2.93. The number of benzene rings is 1. The molecule has 0 aliphatic rings. The zero-order valence-corrected chi connectivity index (χ0v) is 12.3. The predicted octanol–water partition coefficient (Wildman–Crippen LogP) is 3.59. The fourth-order valence-corrected chi connectivity index (χ4v) is 2.27. The fourth-order valence-electron chi connectivity index (χ4n) is 2.01. The minimum atomic E-state index is 0.431. The highest BCUT2D eigenvalue weighted by molar-refractivity contribution is 7.71. The first-order valence-electron chi connectivity index (χ1n) is 6.43. The Morgan fingerprint density at radius 2 is 2.05 bits per heavy atom. The van der Waals surface area contributed by atoms with Crippen molar-refractivity contribution in [3.05, 3.63) is 40.4 Å². The number of nitrogens with one attached hydrogen (secondary N) is 1. The van der Waals surface area contributed by atoms with Gasteiger partial charge in [-0.05, 0) is 42.3 Å². The van der Waals surface area contributed by atoms with Crippen LogP contribution < -0.4 is 0 Å². The second-order valence-corrected chi connectivity index (χ2v) is 5.00. The average molecular weight is 277 g/mol. The summed E-state index contributed by atoms with van der Waals surface area (Å²) in [6, 6.07) is 8.45. The van der Waals surface area contributed by atoms with Gasteiger partial charge < -0.3 is 4.74 Å². The summed E-state index contributed by atoms with van der Waals surface area (Å²) in [7, 11) is 1.65. The molecule has 2 aromatic rings. The molecule has 4 nitrogen and oxygen atoms in total. The van der Waals surface area contributed by atoms with E-state index in [2.05, 4.69) is 48.3 Å². The van der Waals surface area contributed by atoms with Crippen LogP contribution in [-0.4, -0.2) is 21.9 Å². The maximum Gasteiger partial charge on any atom is 0.199 e. The van der Waals surface area contributed by atoms with Crippen molar-refractivity contribution in [2.75, 3.05) is 7.11 Å². The number of hydrogen-bond donors (Lipinski definition) is 1. The van der Waals surface area contributed by atoms with Crippen molar-refractivity contribution in [1.29, 1.82) is 0 Å². The molecule has 0 radical (unpaired) electrons. The van der Waals surface area contributed by atoms with Crippen LogP contribution in [0.25, 0.3) is 5.69 Å². The molecule has 2 rings (SSSR count). The molecule has 0 bridgehead atoms. The Labute approximate surface area is 118 Å². The average Bonchev–Trinajstić information content (AvgIpc) is 2.80. The molecule has 0 spiro atoms. The van der Waals surface area contributed by atoms with Crippen molar-refractivity contribution in [1.82, 2.24) is 14.8 Å². The summed E-state index contributed by atoms with van der Waals surface area (Å²) in [6.45, 7) is 4.86. The number of aromatic nitrogens is 3. The molecule has 1 N–H and O–H groups in total. The van der Waals surface area contributed by atoms with Crippen LogP contribution in [0.3, 0.4) is 0 Å². The van der Waals surface area contributed by atoms with Gasteiger partial charge in [0.1, 0.15) is 6.61 Å². The standard InChI is InChI=1S/C14H19N3OS/c1-4-10(2)11-5-7-12(8-6-11)17-13(9-18-3)15-16-14(17)19/h5-8,10H,4,9H2,1-3H3,(H,16,19)/t10-/m0/s1. The van der Waals surface area contributed by atoms with Crippen molar-refractivity contribution in [3.8, 4) is 5.69 Å². The topological polar surface area (TPSA) is 42.8 Å². The Balaban J connectivity index is 2.37. The molecule has 0 aliphatic heterocycles. The Hall–Kier alpha value is -1.46. The van der Waals surface area contributed by atoms with Gasteiger partial charge in [-0.15, -0.1) is 0 Å². The van der Waals surface area contributed by atoms with Crippen molar-refractivity contribution in [3.63, 3.8) is 0 Å². The van der Waals surface area contributed by atoms with E-state index in [1.165, 1.54) is 5.56 Å². The Kier molecular flexibility index (Phi) is 4.50. The summed E-state index contributed by atoms with van der Waals surface area (Å²) in [5.41, 5.74) is 2.35. The molecule has 19 heavy (non-hydrogen) atoms. The van der Waals surface area contributed by atoms with Crippen LogP contribution in [0.15, 0.2) is 24.3 Å². The van der Waals surface area contributed by atoms with Crippen LogP contribution in [0.2, 0.25) is 0 Å². The first-order chi connectivity index (χ1) is 9.17. The number of rotatable bonds is 5. The zero-order chi connectivity index (χ0) is 13.8. The molecular weight excluding hydrogens is 258 g/mol. The molecule has 1 heterocycles. The van der Waals surface area contributed by atoms with E-state index >= 15 is 0 Å². The van der Waals surface area contributed by atoms with Crippen LogP contribution in [-0.2, 0) is 11.3 Å². The largest absolute Gasteiger partial charge is 0.377 e. The summed E-state index contributed by atoms with van der Waals surface area (Å²) in [5, 5.41) is 6.98. The van der Waals surface area contributed by atoms with Gasteiger partial charge in [0, 0.05) is 12.8 Å². The second kappa shape index (κ2) is 6.12. The van der Waals surface area contributed by atoms with E-state index in [4.69, 9.17) is 17.0 Å². The van der Waals surface area contributed by atoms with Crippen molar-refractivity contribution in [2.45, 2.75) is 32.8 Å². The van der Waals surface area contributed by atoms with Crippen LogP contribution in [0, 0.1) is 4.77 Å². The highest BCUT2D eigenvalue weighted by atomic mass is 32.1. The van der Waals surface area contributed by atoms with E-state index in [1.807, 2.05) is 4.57 Å². The van der Waals surface area contributed by atoms with Crippen molar-refractivity contribution < 1.29 is 4.74 Å². The molecule has 1 aromatic carbocycles. The minimum absolute atomic E-state index is 0.431. The Morgan fingerprint density at radius 1 is 1.37 bits per heavy atom. The molecule has 0 aliphatic carbocycles. The molecule has 0 saturated carbocycles. The van der Waals surface area contributed by atoms with E-state index in [0.29, 0.717) is 17.3 Å². The molecule has 102 valence electrons. The monoisotopic (exact) mass is 277 g/mol. The Morgan fingerprint density at radius 3 is 2.63 bits per heavy atom. The van der Waals surface area contributed by atoms with Gasteiger partial charge in [-0.25, -0.2) is 0 Å². The Bertz CT molecular complexity index is 585. The van der Waals surface area contributed by atoms with E-state index in [1.54, 1.807) is 7.11 Å². The highest BCUT2D eigenvalue weighted by Gasteiger charge is 2.09. The number of nitrogens with zero attached hydrogens (tertiary/aromatic N) is 2. The van der Waals surface area contributed by atoms with Crippen LogP contribution >= 0.6 is 12.2 Å². The first-order valence-corrected chi connectivity index (χ1v) is 6.83. The zero-order valence-electron chi connectivity index (χ0n) is 11.5.